The van der Waals surface area contributed by atoms with E-state index < -0.39 is 0 Å². The summed E-state index contributed by atoms with van der Waals surface area (Å²) in [6.07, 6.45) is 3.28. The number of unbranched alkanes of at least 4 members (excludes halogenated alkanes) is 1. The molecule has 0 aliphatic carbocycles. The molecule has 0 radical (unpaired) electrons. The molecule has 0 aromatic carbocycles. The van der Waals surface area contributed by atoms with Crippen molar-refractivity contribution >= 4 is 17.5 Å². The van der Waals surface area contributed by atoms with Gasteiger partial charge in [-0.25, -0.2) is 0 Å². The summed E-state index contributed by atoms with van der Waals surface area (Å²) in [5, 5.41) is 6.79. The van der Waals surface area contributed by atoms with Gasteiger partial charge in [-0.2, -0.15) is 0 Å². The first-order valence-corrected chi connectivity index (χ1v) is 6.21. The number of hydrogen-bond donors (Lipinski definition) is 1. The summed E-state index contributed by atoms with van der Waals surface area (Å²) < 4.78 is 1.80. The van der Waals surface area contributed by atoms with E-state index in [2.05, 4.69) is 15.3 Å². The molecule has 0 atom stereocenters. The minimum absolute atomic E-state index is 0.132. The van der Waals surface area contributed by atoms with Gasteiger partial charge in [-0.05, 0) is 31.4 Å². The van der Waals surface area contributed by atoms with Gasteiger partial charge >= 0.3 is 0 Å². The number of carbonyl (C=O) groups excluding carboxylic acids is 1. The zero-order valence-electron chi connectivity index (χ0n) is 10.3. The second-order valence-corrected chi connectivity index (χ2v) is 4.18. The van der Waals surface area contributed by atoms with Gasteiger partial charge in [-0.1, -0.05) is 16.7 Å². The number of aromatic nitrogens is 1. The van der Waals surface area contributed by atoms with Gasteiger partial charge in [0.2, 0.25) is 0 Å². The lowest BCUT2D eigenvalue weighted by Crippen LogP contribution is -2.26. The average Bonchev–Trinajstić information content (AvgIpc) is 2.74. The summed E-state index contributed by atoms with van der Waals surface area (Å²) in [5.74, 6) is -0.132. The van der Waals surface area contributed by atoms with E-state index in [1.807, 2.05) is 6.92 Å². The third-order valence-corrected chi connectivity index (χ3v) is 2.68. The Morgan fingerprint density at radius 1 is 1.61 bits per heavy atom. The molecule has 0 saturated carbocycles. The molecule has 6 nitrogen and oxygen atoms in total. The number of nitrogens with one attached hydrogen (secondary N) is 1. The fourth-order valence-electron chi connectivity index (χ4n) is 1.57. The van der Waals surface area contributed by atoms with Gasteiger partial charge in [-0.15, -0.1) is 0 Å². The van der Waals surface area contributed by atoms with Gasteiger partial charge in [0.15, 0.2) is 0 Å². The standard InChI is InChI=1S/C11H16ClN5O/c1-2-17-8-9(12)7-10(17)11(18)14-5-3-4-6-15-16-13/h7-8H,2-6H2,1H3,(H,14,18). The lowest BCUT2D eigenvalue weighted by molar-refractivity contribution is 0.0944. The molecular formula is C11H16ClN5O. The topological polar surface area (TPSA) is 82.8 Å². The average molecular weight is 270 g/mol. The minimum atomic E-state index is -0.132. The largest absolute Gasteiger partial charge is 0.351 e. The number of aryl methyl sites for hydroxylation is 1. The van der Waals surface area contributed by atoms with Crippen LogP contribution in [0.2, 0.25) is 5.02 Å². The molecule has 0 bridgehead atoms. The zero-order chi connectivity index (χ0) is 13.4. The number of amides is 1. The van der Waals surface area contributed by atoms with E-state index in [9.17, 15) is 4.79 Å². The Bertz CT molecular complexity index is 450. The van der Waals surface area contributed by atoms with Crippen molar-refractivity contribution in [3.05, 3.63) is 33.4 Å². The van der Waals surface area contributed by atoms with E-state index in [0.717, 1.165) is 12.8 Å². The van der Waals surface area contributed by atoms with E-state index in [1.54, 1.807) is 16.8 Å². The molecule has 0 saturated heterocycles. The summed E-state index contributed by atoms with van der Waals surface area (Å²) in [7, 11) is 0. The maximum Gasteiger partial charge on any atom is 0.267 e. The van der Waals surface area contributed by atoms with Crippen molar-refractivity contribution < 1.29 is 4.79 Å². The zero-order valence-corrected chi connectivity index (χ0v) is 11.0. The van der Waals surface area contributed by atoms with Crippen LogP contribution in [0, 0.1) is 0 Å². The van der Waals surface area contributed by atoms with Crippen LogP contribution >= 0.6 is 11.6 Å². The summed E-state index contributed by atoms with van der Waals surface area (Å²) in [4.78, 5) is 14.5. The van der Waals surface area contributed by atoms with Crippen molar-refractivity contribution in [2.75, 3.05) is 13.1 Å². The van der Waals surface area contributed by atoms with Crippen LogP contribution in [0.5, 0.6) is 0 Å². The van der Waals surface area contributed by atoms with Crippen LogP contribution in [-0.2, 0) is 6.54 Å². The highest BCUT2D eigenvalue weighted by molar-refractivity contribution is 6.31. The fraction of sp³-hybridized carbons (Fsp3) is 0.545. The van der Waals surface area contributed by atoms with Gasteiger partial charge in [0, 0.05) is 30.7 Å². The fourth-order valence-corrected chi connectivity index (χ4v) is 1.79. The molecule has 1 amide bonds. The maximum atomic E-state index is 11.9. The lowest BCUT2D eigenvalue weighted by atomic mass is 10.3. The molecule has 1 rings (SSSR count). The van der Waals surface area contributed by atoms with Crippen molar-refractivity contribution in [1.29, 1.82) is 0 Å². The third kappa shape index (κ3) is 4.31. The van der Waals surface area contributed by atoms with Crippen LogP contribution in [0.4, 0.5) is 0 Å². The Balaban J connectivity index is 2.38. The first-order chi connectivity index (χ1) is 8.69. The Kier molecular flexibility index (Phi) is 6.11. The van der Waals surface area contributed by atoms with Crippen LogP contribution in [0.15, 0.2) is 17.4 Å². The number of hydrogen-bond acceptors (Lipinski definition) is 2. The summed E-state index contributed by atoms with van der Waals surface area (Å²) in [6.45, 7) is 3.68. The van der Waals surface area contributed by atoms with Crippen molar-refractivity contribution in [2.24, 2.45) is 5.11 Å². The van der Waals surface area contributed by atoms with E-state index in [-0.39, 0.29) is 5.91 Å². The summed E-state index contributed by atoms with van der Waals surface area (Å²) in [6, 6.07) is 1.65. The SMILES string of the molecule is CCn1cc(Cl)cc1C(=O)NCCCCN=[N+]=[N-]. The van der Waals surface area contributed by atoms with Crippen LogP contribution in [-0.4, -0.2) is 23.6 Å². The van der Waals surface area contributed by atoms with E-state index >= 15 is 0 Å². The van der Waals surface area contributed by atoms with Gasteiger partial charge in [0.25, 0.3) is 5.91 Å². The number of carbonyl (C=O) groups is 1. The van der Waals surface area contributed by atoms with Gasteiger partial charge in [0.1, 0.15) is 5.69 Å². The molecule has 98 valence electrons. The first-order valence-electron chi connectivity index (χ1n) is 5.83. The van der Waals surface area contributed by atoms with Crippen molar-refractivity contribution in [3.63, 3.8) is 0 Å². The van der Waals surface area contributed by atoms with Crippen molar-refractivity contribution in [2.45, 2.75) is 26.3 Å². The van der Waals surface area contributed by atoms with Crippen molar-refractivity contribution in [3.8, 4) is 0 Å². The molecule has 1 aromatic heterocycles. The quantitative estimate of drug-likeness (QED) is 0.351. The Morgan fingerprint density at radius 2 is 2.39 bits per heavy atom. The predicted molar refractivity (Wildman–Crippen MR) is 70.7 cm³/mol. The smallest absolute Gasteiger partial charge is 0.267 e. The number of azide groups is 1. The van der Waals surface area contributed by atoms with Gasteiger partial charge in [-0.3, -0.25) is 4.79 Å². The molecule has 18 heavy (non-hydrogen) atoms. The predicted octanol–water partition coefficient (Wildman–Crippen LogP) is 2.98. The molecule has 1 N–H and O–H groups in total. The Morgan fingerprint density at radius 3 is 3.06 bits per heavy atom. The number of halogens is 1. The molecule has 0 unspecified atom stereocenters. The van der Waals surface area contributed by atoms with E-state index in [1.165, 1.54) is 0 Å². The maximum absolute atomic E-state index is 11.9. The normalized spacial score (nSPS) is 9.89. The van der Waals surface area contributed by atoms with Crippen LogP contribution in [0.3, 0.4) is 0 Å². The highest BCUT2D eigenvalue weighted by atomic mass is 35.5. The highest BCUT2D eigenvalue weighted by Gasteiger charge is 2.11. The van der Waals surface area contributed by atoms with E-state index in [0.29, 0.717) is 30.4 Å². The van der Waals surface area contributed by atoms with Crippen LogP contribution in [0.1, 0.15) is 30.3 Å². The Hall–Kier alpha value is -1.65. The molecule has 0 aliphatic heterocycles. The minimum Gasteiger partial charge on any atom is -0.351 e. The third-order valence-electron chi connectivity index (χ3n) is 2.47. The lowest BCUT2D eigenvalue weighted by Gasteiger charge is -2.07. The molecule has 0 aliphatic rings. The summed E-state index contributed by atoms with van der Waals surface area (Å²) >= 11 is 5.86. The van der Waals surface area contributed by atoms with Crippen molar-refractivity contribution in [1.82, 2.24) is 9.88 Å². The molecule has 0 fully saturated rings. The van der Waals surface area contributed by atoms with E-state index in [4.69, 9.17) is 17.1 Å². The van der Waals surface area contributed by atoms with Gasteiger partial charge < -0.3 is 9.88 Å². The molecule has 7 heteroatoms. The second kappa shape index (κ2) is 7.63. The number of nitrogens with zero attached hydrogens (tertiary/aromatic N) is 4. The molecule has 1 aromatic rings. The molecule has 0 spiro atoms. The highest BCUT2D eigenvalue weighted by Crippen LogP contribution is 2.13. The first kappa shape index (κ1) is 14.4. The molecule has 1 heterocycles. The monoisotopic (exact) mass is 269 g/mol. The van der Waals surface area contributed by atoms with Gasteiger partial charge in [0.05, 0.1) is 5.02 Å². The second-order valence-electron chi connectivity index (χ2n) is 3.75. The Labute approximate surface area is 111 Å². The molecular weight excluding hydrogens is 254 g/mol. The summed E-state index contributed by atoms with van der Waals surface area (Å²) in [5.41, 5.74) is 8.66. The number of rotatable bonds is 7. The van der Waals surface area contributed by atoms with Crippen LogP contribution < -0.4 is 5.32 Å². The van der Waals surface area contributed by atoms with Crippen LogP contribution in [0.25, 0.3) is 10.4 Å².